The molecule has 1 aliphatic carbocycles. The first kappa shape index (κ1) is 16.2. The van der Waals surface area contributed by atoms with Crippen molar-refractivity contribution < 1.29 is 18.9 Å². The summed E-state index contributed by atoms with van der Waals surface area (Å²) in [6.45, 7) is 0. The molecule has 0 aliphatic heterocycles. The maximum atomic E-state index is 12.4. The number of methoxy groups -OCH3 is 1. The van der Waals surface area contributed by atoms with E-state index in [4.69, 9.17) is 9.15 Å². The quantitative estimate of drug-likeness (QED) is 0.482. The highest BCUT2D eigenvalue weighted by molar-refractivity contribution is 5.82. The van der Waals surface area contributed by atoms with Gasteiger partial charge in [0, 0.05) is 17.7 Å². The van der Waals surface area contributed by atoms with Crippen molar-refractivity contribution in [2.45, 2.75) is 37.5 Å². The molecule has 0 saturated heterocycles. The third-order valence-electron chi connectivity index (χ3n) is 4.56. The van der Waals surface area contributed by atoms with E-state index in [1.165, 1.54) is 19.2 Å². The van der Waals surface area contributed by atoms with Gasteiger partial charge in [-0.25, -0.2) is 4.98 Å². The fraction of sp³-hybridized carbons (Fsp3) is 0.412. The minimum atomic E-state index is -0.827. The Morgan fingerprint density at radius 3 is 2.50 bits per heavy atom. The summed E-state index contributed by atoms with van der Waals surface area (Å²) >= 11 is 0. The predicted molar refractivity (Wildman–Crippen MR) is 85.4 cm³/mol. The molecule has 24 heavy (non-hydrogen) atoms. The Hall–Kier alpha value is -2.70. The van der Waals surface area contributed by atoms with Gasteiger partial charge in [-0.3, -0.25) is 14.9 Å². The molecule has 7 heteroatoms. The van der Waals surface area contributed by atoms with Crippen LogP contribution in [0.3, 0.4) is 0 Å². The second-order valence-corrected chi connectivity index (χ2v) is 5.97. The first-order valence-corrected chi connectivity index (χ1v) is 7.86. The van der Waals surface area contributed by atoms with Gasteiger partial charge in [0.05, 0.1) is 18.2 Å². The average Bonchev–Trinajstić information content (AvgIpc) is 3.12. The molecule has 2 aromatic rings. The van der Waals surface area contributed by atoms with Crippen LogP contribution in [0.25, 0.3) is 11.3 Å². The van der Waals surface area contributed by atoms with Crippen LogP contribution in [0.5, 0.6) is 0 Å². The molecule has 0 spiro atoms. The Morgan fingerprint density at radius 2 is 1.92 bits per heavy atom. The molecule has 1 aromatic carbocycles. The van der Waals surface area contributed by atoms with Crippen molar-refractivity contribution in [1.29, 1.82) is 0 Å². The maximum Gasteiger partial charge on any atom is 0.321 e. The Bertz CT molecular complexity index is 745. The molecule has 0 radical (unpaired) electrons. The molecule has 0 bridgehead atoms. The lowest BCUT2D eigenvalue weighted by Gasteiger charge is -2.31. The predicted octanol–water partition coefficient (Wildman–Crippen LogP) is 3.62. The minimum Gasteiger partial charge on any atom is -0.468 e. The highest BCUT2D eigenvalue weighted by atomic mass is 16.6. The number of carbonyl (C=O) groups is 1. The molecule has 1 saturated carbocycles. The number of oxazole rings is 1. The average molecular weight is 330 g/mol. The molecular formula is C17H18N2O5. The lowest BCUT2D eigenvalue weighted by molar-refractivity contribution is -0.384. The summed E-state index contributed by atoms with van der Waals surface area (Å²) in [5.41, 5.74) is -0.140. The van der Waals surface area contributed by atoms with E-state index in [1.54, 1.807) is 18.3 Å². The number of rotatable bonds is 4. The molecule has 0 amide bonds. The maximum absolute atomic E-state index is 12.4. The second kappa shape index (κ2) is 6.43. The van der Waals surface area contributed by atoms with Crippen LogP contribution in [0, 0.1) is 10.1 Å². The van der Waals surface area contributed by atoms with Crippen LogP contribution in [-0.4, -0.2) is 23.0 Å². The van der Waals surface area contributed by atoms with Gasteiger partial charge >= 0.3 is 5.97 Å². The third-order valence-corrected chi connectivity index (χ3v) is 4.56. The van der Waals surface area contributed by atoms with Gasteiger partial charge < -0.3 is 9.15 Å². The number of aromatic nitrogens is 1. The monoisotopic (exact) mass is 330 g/mol. The van der Waals surface area contributed by atoms with Crippen molar-refractivity contribution in [3.63, 3.8) is 0 Å². The zero-order valence-electron chi connectivity index (χ0n) is 13.4. The second-order valence-electron chi connectivity index (χ2n) is 5.97. The molecule has 1 heterocycles. The molecule has 1 aliphatic rings. The molecule has 1 aromatic heterocycles. The van der Waals surface area contributed by atoms with Crippen molar-refractivity contribution in [2.24, 2.45) is 0 Å². The van der Waals surface area contributed by atoms with Crippen molar-refractivity contribution in [3.05, 3.63) is 46.5 Å². The van der Waals surface area contributed by atoms with Gasteiger partial charge in [0.1, 0.15) is 5.41 Å². The summed E-state index contributed by atoms with van der Waals surface area (Å²) < 4.78 is 10.8. The molecule has 0 N–H and O–H groups in total. The number of benzene rings is 1. The number of nitrogens with zero attached hydrogens (tertiary/aromatic N) is 2. The molecule has 7 nitrogen and oxygen atoms in total. The summed E-state index contributed by atoms with van der Waals surface area (Å²) in [7, 11) is 1.37. The standard InChI is InChI=1S/C17H18N2O5/c1-23-16(20)17(9-3-2-4-10-17)15-18-11-14(24-15)12-5-7-13(8-6-12)19(21)22/h5-8,11H,2-4,9-10H2,1H3. The fourth-order valence-corrected chi connectivity index (χ4v) is 3.23. The van der Waals surface area contributed by atoms with Crippen LogP contribution in [-0.2, 0) is 14.9 Å². The summed E-state index contributed by atoms with van der Waals surface area (Å²) in [5, 5.41) is 10.7. The van der Waals surface area contributed by atoms with E-state index in [-0.39, 0.29) is 11.7 Å². The summed E-state index contributed by atoms with van der Waals surface area (Å²) in [4.78, 5) is 26.9. The van der Waals surface area contributed by atoms with Gasteiger partial charge in [-0.05, 0) is 25.0 Å². The van der Waals surface area contributed by atoms with E-state index in [9.17, 15) is 14.9 Å². The number of hydrogen-bond acceptors (Lipinski definition) is 6. The smallest absolute Gasteiger partial charge is 0.321 e. The SMILES string of the molecule is COC(=O)C1(c2ncc(-c3ccc([N+](=O)[O-])cc3)o2)CCCCC1. The van der Waals surface area contributed by atoms with Crippen LogP contribution in [0.15, 0.2) is 34.9 Å². The Morgan fingerprint density at radius 1 is 1.25 bits per heavy atom. The summed E-state index contributed by atoms with van der Waals surface area (Å²) in [6.07, 6.45) is 5.78. The number of nitro groups is 1. The normalized spacial score (nSPS) is 16.5. The van der Waals surface area contributed by atoms with Gasteiger partial charge in [0.2, 0.25) is 5.89 Å². The minimum absolute atomic E-state index is 0.0109. The van der Waals surface area contributed by atoms with Crippen LogP contribution in [0.4, 0.5) is 5.69 Å². The molecule has 3 rings (SSSR count). The van der Waals surface area contributed by atoms with Gasteiger partial charge in [-0.15, -0.1) is 0 Å². The number of ether oxygens (including phenoxy) is 1. The van der Waals surface area contributed by atoms with E-state index in [1.807, 2.05) is 0 Å². The highest BCUT2D eigenvalue weighted by Crippen LogP contribution is 2.41. The van der Waals surface area contributed by atoms with Gasteiger partial charge in [-0.1, -0.05) is 19.3 Å². The first-order valence-electron chi connectivity index (χ1n) is 7.86. The Kier molecular flexibility index (Phi) is 4.33. The summed E-state index contributed by atoms with van der Waals surface area (Å²) in [6, 6.07) is 6.03. The van der Waals surface area contributed by atoms with Gasteiger partial charge in [0.25, 0.3) is 5.69 Å². The van der Waals surface area contributed by atoms with E-state index >= 15 is 0 Å². The van der Waals surface area contributed by atoms with Crippen molar-refractivity contribution >= 4 is 11.7 Å². The first-order chi connectivity index (χ1) is 11.6. The summed E-state index contributed by atoms with van der Waals surface area (Å²) in [5.74, 6) is 0.524. The van der Waals surface area contributed by atoms with Crippen molar-refractivity contribution in [1.82, 2.24) is 4.98 Å². The number of carbonyl (C=O) groups excluding carboxylic acids is 1. The molecule has 0 atom stereocenters. The molecule has 1 fully saturated rings. The number of non-ortho nitro benzene ring substituents is 1. The molecule has 126 valence electrons. The molecule has 0 unspecified atom stereocenters. The third kappa shape index (κ3) is 2.77. The number of nitro benzene ring substituents is 1. The molecular weight excluding hydrogens is 312 g/mol. The van der Waals surface area contributed by atoms with Crippen molar-refractivity contribution in [3.8, 4) is 11.3 Å². The van der Waals surface area contributed by atoms with E-state index in [0.717, 1.165) is 19.3 Å². The lowest BCUT2D eigenvalue weighted by atomic mass is 9.74. The Balaban J connectivity index is 1.93. The largest absolute Gasteiger partial charge is 0.468 e. The van der Waals surface area contributed by atoms with Crippen molar-refractivity contribution in [2.75, 3.05) is 7.11 Å². The number of esters is 1. The number of hydrogen-bond donors (Lipinski definition) is 0. The van der Waals surface area contributed by atoms with Crippen LogP contribution in [0.1, 0.15) is 38.0 Å². The van der Waals surface area contributed by atoms with Crippen LogP contribution >= 0.6 is 0 Å². The highest BCUT2D eigenvalue weighted by Gasteiger charge is 2.46. The Labute approximate surface area is 138 Å². The van der Waals surface area contributed by atoms with Gasteiger partial charge in [-0.2, -0.15) is 0 Å². The topological polar surface area (TPSA) is 95.5 Å². The zero-order valence-corrected chi connectivity index (χ0v) is 13.4. The zero-order chi connectivity index (χ0) is 17.2. The lowest BCUT2D eigenvalue weighted by Crippen LogP contribution is -2.39. The van der Waals surface area contributed by atoms with E-state index in [0.29, 0.717) is 30.1 Å². The van der Waals surface area contributed by atoms with Crippen LogP contribution < -0.4 is 0 Å². The van der Waals surface area contributed by atoms with Crippen LogP contribution in [0.2, 0.25) is 0 Å². The van der Waals surface area contributed by atoms with Gasteiger partial charge in [0.15, 0.2) is 5.76 Å². The van der Waals surface area contributed by atoms with E-state index < -0.39 is 10.3 Å². The fourth-order valence-electron chi connectivity index (χ4n) is 3.23. The van der Waals surface area contributed by atoms with E-state index in [2.05, 4.69) is 4.98 Å².